The Labute approximate surface area is 186 Å². The number of nitrogens with one attached hydrogen (secondary N) is 1. The molecule has 9 heteroatoms. The molecule has 3 rings (SSSR count). The molecule has 32 heavy (non-hydrogen) atoms. The molecule has 0 spiro atoms. The summed E-state index contributed by atoms with van der Waals surface area (Å²) in [7, 11) is -2.76. The minimum Gasteiger partial charge on any atom is -0.399 e. The highest BCUT2D eigenvalue weighted by atomic mass is 32.2. The van der Waals surface area contributed by atoms with E-state index in [4.69, 9.17) is 10.8 Å². The molecule has 8 nitrogen and oxygen atoms in total. The molecule has 1 unspecified atom stereocenters. The lowest BCUT2D eigenvalue weighted by Crippen LogP contribution is -2.45. The third-order valence-corrected chi connectivity index (χ3v) is 6.46. The Morgan fingerprint density at radius 1 is 1.03 bits per heavy atom. The van der Waals surface area contributed by atoms with Crippen LogP contribution in [-0.4, -0.2) is 50.4 Å². The number of sulfonamides is 1. The zero-order chi connectivity index (χ0) is 23.3. The van der Waals surface area contributed by atoms with E-state index in [1.54, 1.807) is 42.5 Å². The standard InChI is InChI=1S/C23H25N3O5S/c1-26(12-13-27)23(29)21(14-16-6-9-19(24)10-7-16)22(28)25-32(30,31)20-11-8-17-4-2-3-5-18(17)15-20/h2-11,15,21,27H,12-14,24H2,1H3,(H,25,28). The SMILES string of the molecule is CN(CCO)C(=O)C(Cc1ccc(N)cc1)C(=O)NS(=O)(=O)c1ccc2ccccc2c1. The van der Waals surface area contributed by atoms with Crippen molar-refractivity contribution in [3.8, 4) is 0 Å². The van der Waals surface area contributed by atoms with Crippen molar-refractivity contribution in [1.82, 2.24) is 9.62 Å². The molecule has 3 aromatic carbocycles. The molecule has 168 valence electrons. The fraction of sp³-hybridized carbons (Fsp3) is 0.217. The topological polar surface area (TPSA) is 130 Å². The van der Waals surface area contributed by atoms with Gasteiger partial charge >= 0.3 is 0 Å². The van der Waals surface area contributed by atoms with E-state index >= 15 is 0 Å². The number of rotatable bonds is 8. The number of fused-ring (bicyclic) bond motifs is 1. The summed E-state index contributed by atoms with van der Waals surface area (Å²) >= 11 is 0. The number of carbonyl (C=O) groups is 2. The Hall–Kier alpha value is -3.43. The third-order valence-electron chi connectivity index (χ3n) is 5.11. The molecule has 0 aliphatic rings. The van der Waals surface area contributed by atoms with Crippen molar-refractivity contribution < 1.29 is 23.1 Å². The summed E-state index contributed by atoms with van der Waals surface area (Å²) in [4.78, 5) is 27.0. The maximum absolute atomic E-state index is 13.0. The minimum absolute atomic E-state index is 0.0157. The van der Waals surface area contributed by atoms with E-state index in [2.05, 4.69) is 0 Å². The fourth-order valence-corrected chi connectivity index (χ4v) is 4.36. The van der Waals surface area contributed by atoms with Gasteiger partial charge in [-0.05, 0) is 47.0 Å². The Morgan fingerprint density at radius 3 is 2.34 bits per heavy atom. The highest BCUT2D eigenvalue weighted by molar-refractivity contribution is 7.90. The summed E-state index contributed by atoms with van der Waals surface area (Å²) in [5, 5.41) is 10.7. The van der Waals surface area contributed by atoms with Crippen LogP contribution < -0.4 is 10.5 Å². The lowest BCUT2D eigenvalue weighted by atomic mass is 9.97. The number of nitrogen functional groups attached to an aromatic ring is 1. The number of benzene rings is 3. The number of likely N-dealkylation sites (N-methyl/N-ethyl adjacent to an activating group) is 1. The number of nitrogens with zero attached hydrogens (tertiary/aromatic N) is 1. The van der Waals surface area contributed by atoms with Crippen molar-refractivity contribution in [3.05, 3.63) is 72.3 Å². The first-order valence-corrected chi connectivity index (χ1v) is 11.5. The summed E-state index contributed by atoms with van der Waals surface area (Å²) in [5.41, 5.74) is 6.86. The van der Waals surface area contributed by atoms with Gasteiger partial charge in [0, 0.05) is 19.3 Å². The van der Waals surface area contributed by atoms with Crippen molar-refractivity contribution in [2.45, 2.75) is 11.3 Å². The zero-order valence-corrected chi connectivity index (χ0v) is 18.4. The van der Waals surface area contributed by atoms with E-state index in [1.807, 2.05) is 16.9 Å². The summed E-state index contributed by atoms with van der Waals surface area (Å²) in [6.45, 7) is -0.268. The first-order chi connectivity index (χ1) is 15.2. The van der Waals surface area contributed by atoms with Crippen molar-refractivity contribution in [2.75, 3.05) is 25.9 Å². The highest BCUT2D eigenvalue weighted by Crippen LogP contribution is 2.20. The maximum Gasteiger partial charge on any atom is 0.264 e. The Bertz CT molecular complexity index is 1230. The fourth-order valence-electron chi connectivity index (χ4n) is 3.30. The molecule has 0 heterocycles. The van der Waals surface area contributed by atoms with Crippen LogP contribution in [0.15, 0.2) is 71.6 Å². The normalized spacial score (nSPS) is 12.3. The Balaban J connectivity index is 1.88. The van der Waals surface area contributed by atoms with Crippen molar-refractivity contribution in [3.63, 3.8) is 0 Å². The number of hydrogen-bond donors (Lipinski definition) is 3. The molecule has 0 aliphatic heterocycles. The van der Waals surface area contributed by atoms with Crippen LogP contribution in [0.5, 0.6) is 0 Å². The van der Waals surface area contributed by atoms with E-state index in [-0.39, 0.29) is 24.5 Å². The number of aliphatic hydroxyl groups excluding tert-OH is 1. The number of aliphatic hydroxyl groups is 1. The number of hydrogen-bond acceptors (Lipinski definition) is 6. The van der Waals surface area contributed by atoms with Gasteiger partial charge in [-0.3, -0.25) is 9.59 Å². The van der Waals surface area contributed by atoms with Gasteiger partial charge in [-0.25, -0.2) is 13.1 Å². The largest absolute Gasteiger partial charge is 0.399 e. The van der Waals surface area contributed by atoms with Gasteiger partial charge in [0.2, 0.25) is 11.8 Å². The maximum atomic E-state index is 13.0. The predicted octanol–water partition coefficient (Wildman–Crippen LogP) is 1.54. The third kappa shape index (κ3) is 5.43. The smallest absolute Gasteiger partial charge is 0.264 e. The Morgan fingerprint density at radius 2 is 1.69 bits per heavy atom. The van der Waals surface area contributed by atoms with Crippen LogP contribution in [0.3, 0.4) is 0 Å². The lowest BCUT2D eigenvalue weighted by Gasteiger charge is -2.23. The second-order valence-corrected chi connectivity index (χ2v) is 9.14. The molecular weight excluding hydrogens is 430 g/mol. The molecule has 0 bridgehead atoms. The van der Waals surface area contributed by atoms with E-state index in [1.165, 1.54) is 24.1 Å². The van der Waals surface area contributed by atoms with Crippen LogP contribution in [0.1, 0.15) is 5.56 Å². The number of amides is 2. The van der Waals surface area contributed by atoms with Crippen LogP contribution in [0.2, 0.25) is 0 Å². The number of carbonyl (C=O) groups excluding carboxylic acids is 2. The summed E-state index contributed by atoms with van der Waals surface area (Å²) in [6.07, 6.45) is -0.0199. The van der Waals surface area contributed by atoms with Gasteiger partial charge in [-0.2, -0.15) is 0 Å². The average molecular weight is 456 g/mol. The van der Waals surface area contributed by atoms with Gasteiger partial charge in [-0.15, -0.1) is 0 Å². The van der Waals surface area contributed by atoms with Crippen molar-refractivity contribution in [2.24, 2.45) is 5.92 Å². The molecule has 0 saturated heterocycles. The zero-order valence-electron chi connectivity index (χ0n) is 17.6. The number of anilines is 1. The molecular formula is C23H25N3O5S. The molecule has 4 N–H and O–H groups in total. The Kier molecular flexibility index (Phi) is 7.12. The van der Waals surface area contributed by atoms with Crippen LogP contribution in [-0.2, 0) is 26.0 Å². The van der Waals surface area contributed by atoms with Gasteiger partial charge < -0.3 is 15.7 Å². The molecule has 0 radical (unpaired) electrons. The highest BCUT2D eigenvalue weighted by Gasteiger charge is 2.32. The second-order valence-electron chi connectivity index (χ2n) is 7.46. The summed E-state index contributed by atoms with van der Waals surface area (Å²) in [6, 6.07) is 18.4. The van der Waals surface area contributed by atoms with Gasteiger partial charge in [0.15, 0.2) is 0 Å². The van der Waals surface area contributed by atoms with Gasteiger partial charge in [0.25, 0.3) is 10.0 Å². The predicted molar refractivity (Wildman–Crippen MR) is 122 cm³/mol. The first-order valence-electron chi connectivity index (χ1n) is 9.97. The monoisotopic (exact) mass is 455 g/mol. The van der Waals surface area contributed by atoms with Crippen molar-refractivity contribution >= 4 is 38.3 Å². The molecule has 0 aromatic heterocycles. The van der Waals surface area contributed by atoms with Crippen LogP contribution in [0.4, 0.5) is 5.69 Å². The molecule has 0 fully saturated rings. The minimum atomic E-state index is -4.21. The first kappa shape index (κ1) is 23.2. The molecule has 0 aliphatic carbocycles. The average Bonchev–Trinajstić information content (AvgIpc) is 2.77. The molecule has 0 saturated carbocycles. The van der Waals surface area contributed by atoms with E-state index in [0.717, 1.165) is 5.39 Å². The second kappa shape index (κ2) is 9.80. The van der Waals surface area contributed by atoms with Gasteiger partial charge in [0.1, 0.15) is 5.92 Å². The van der Waals surface area contributed by atoms with E-state index in [9.17, 15) is 18.0 Å². The summed E-state index contributed by atoms with van der Waals surface area (Å²) in [5.74, 6) is -2.84. The lowest BCUT2D eigenvalue weighted by molar-refractivity contribution is -0.140. The quantitative estimate of drug-likeness (QED) is 0.349. The van der Waals surface area contributed by atoms with Crippen LogP contribution in [0, 0.1) is 5.92 Å². The van der Waals surface area contributed by atoms with Gasteiger partial charge in [-0.1, -0.05) is 42.5 Å². The van der Waals surface area contributed by atoms with Crippen LogP contribution >= 0.6 is 0 Å². The van der Waals surface area contributed by atoms with Crippen molar-refractivity contribution in [1.29, 1.82) is 0 Å². The van der Waals surface area contributed by atoms with Gasteiger partial charge in [0.05, 0.1) is 11.5 Å². The van der Waals surface area contributed by atoms with E-state index in [0.29, 0.717) is 16.6 Å². The van der Waals surface area contributed by atoms with E-state index < -0.39 is 27.8 Å². The molecule has 1 atom stereocenters. The molecule has 2 amide bonds. The van der Waals surface area contributed by atoms with Crippen LogP contribution in [0.25, 0.3) is 10.8 Å². The number of nitrogens with two attached hydrogens (primary N) is 1. The molecule has 3 aromatic rings. The summed E-state index contributed by atoms with van der Waals surface area (Å²) < 4.78 is 27.8.